The van der Waals surface area contributed by atoms with Crippen molar-refractivity contribution in [3.8, 4) is 5.75 Å². The van der Waals surface area contributed by atoms with E-state index in [1.165, 1.54) is 0 Å². The zero-order valence-corrected chi connectivity index (χ0v) is 8.83. The predicted octanol–water partition coefficient (Wildman–Crippen LogP) is 1.26. The third-order valence-corrected chi connectivity index (χ3v) is 2.43. The number of rotatable bonds is 3. The maximum absolute atomic E-state index is 9.74. The molecule has 0 saturated heterocycles. The van der Waals surface area contributed by atoms with E-state index in [9.17, 15) is 10.2 Å². The van der Waals surface area contributed by atoms with Crippen LogP contribution in [0.2, 0.25) is 0 Å². The second kappa shape index (κ2) is 4.44. The van der Waals surface area contributed by atoms with Gasteiger partial charge in [-0.15, -0.1) is 0 Å². The van der Waals surface area contributed by atoms with Crippen molar-refractivity contribution in [1.82, 2.24) is 5.32 Å². The summed E-state index contributed by atoms with van der Waals surface area (Å²) in [5.74, 6) is 0.276. The van der Waals surface area contributed by atoms with Gasteiger partial charge >= 0.3 is 0 Å². The van der Waals surface area contributed by atoms with Crippen LogP contribution in [-0.2, 0) is 0 Å². The Morgan fingerprint density at radius 3 is 2.57 bits per heavy atom. The lowest BCUT2D eigenvalue weighted by molar-refractivity contribution is 0.176. The molecule has 3 heteroatoms. The average Bonchev–Trinajstić information content (AvgIpc) is 2.15. The molecule has 3 nitrogen and oxygen atoms in total. The van der Waals surface area contributed by atoms with E-state index in [2.05, 4.69) is 5.32 Å². The summed E-state index contributed by atoms with van der Waals surface area (Å²) in [6.45, 7) is 4.15. The van der Waals surface area contributed by atoms with E-state index in [1.807, 2.05) is 26.0 Å². The van der Waals surface area contributed by atoms with E-state index in [0.29, 0.717) is 6.54 Å². The maximum atomic E-state index is 9.74. The van der Waals surface area contributed by atoms with Crippen LogP contribution >= 0.6 is 0 Å². The van der Waals surface area contributed by atoms with Crippen LogP contribution in [0.4, 0.5) is 0 Å². The molecule has 0 aliphatic carbocycles. The van der Waals surface area contributed by atoms with Crippen LogP contribution in [0.15, 0.2) is 12.1 Å². The summed E-state index contributed by atoms with van der Waals surface area (Å²) in [6, 6.07) is 3.67. The van der Waals surface area contributed by atoms with Gasteiger partial charge in [0.25, 0.3) is 0 Å². The molecular formula is C11H17NO2. The summed E-state index contributed by atoms with van der Waals surface area (Å²) < 4.78 is 0. The van der Waals surface area contributed by atoms with Crippen molar-refractivity contribution < 1.29 is 10.2 Å². The maximum Gasteiger partial charge on any atom is 0.121 e. The molecule has 0 aromatic heterocycles. The van der Waals surface area contributed by atoms with E-state index in [0.717, 1.165) is 16.7 Å². The second-order valence-electron chi connectivity index (χ2n) is 3.52. The molecule has 0 fully saturated rings. The standard InChI is InChI=1S/C11H17NO2/c1-7-4-5-9(8(2)11(7)14)10(13)6-12-3/h4-5,10,12-14H,6H2,1-3H3. The van der Waals surface area contributed by atoms with Crippen molar-refractivity contribution in [1.29, 1.82) is 0 Å². The number of hydrogen-bond acceptors (Lipinski definition) is 3. The van der Waals surface area contributed by atoms with E-state index in [4.69, 9.17) is 0 Å². The Morgan fingerprint density at radius 2 is 2.00 bits per heavy atom. The normalized spacial score (nSPS) is 12.9. The Balaban J connectivity index is 3.04. The van der Waals surface area contributed by atoms with Gasteiger partial charge in [0.05, 0.1) is 6.10 Å². The van der Waals surface area contributed by atoms with Gasteiger partial charge in [0.15, 0.2) is 0 Å². The van der Waals surface area contributed by atoms with Gasteiger partial charge < -0.3 is 15.5 Å². The van der Waals surface area contributed by atoms with Crippen LogP contribution in [0, 0.1) is 13.8 Å². The lowest BCUT2D eigenvalue weighted by Gasteiger charge is -2.15. The number of hydrogen-bond donors (Lipinski definition) is 3. The number of phenols is 1. The minimum atomic E-state index is -0.563. The quantitative estimate of drug-likeness (QED) is 0.680. The highest BCUT2D eigenvalue weighted by molar-refractivity contribution is 5.44. The number of phenolic OH excluding ortho intramolecular Hbond substituents is 1. The Bertz CT molecular complexity index is 323. The van der Waals surface area contributed by atoms with Crippen LogP contribution in [0.3, 0.4) is 0 Å². The molecule has 1 aromatic carbocycles. The predicted molar refractivity (Wildman–Crippen MR) is 56.5 cm³/mol. The van der Waals surface area contributed by atoms with Crippen molar-refractivity contribution in [3.63, 3.8) is 0 Å². The summed E-state index contributed by atoms with van der Waals surface area (Å²) in [6.07, 6.45) is -0.563. The first kappa shape index (κ1) is 11.0. The highest BCUT2D eigenvalue weighted by Gasteiger charge is 2.12. The molecule has 0 saturated carbocycles. The van der Waals surface area contributed by atoms with Gasteiger partial charge in [-0.2, -0.15) is 0 Å². The first-order chi connectivity index (χ1) is 6.57. The molecule has 0 aliphatic rings. The molecule has 3 N–H and O–H groups in total. The molecule has 1 unspecified atom stereocenters. The largest absolute Gasteiger partial charge is 0.507 e. The van der Waals surface area contributed by atoms with Gasteiger partial charge in [0.1, 0.15) is 5.75 Å². The zero-order valence-electron chi connectivity index (χ0n) is 8.83. The first-order valence-electron chi connectivity index (χ1n) is 4.69. The van der Waals surface area contributed by atoms with Crippen molar-refractivity contribution in [2.24, 2.45) is 0 Å². The van der Waals surface area contributed by atoms with E-state index in [1.54, 1.807) is 7.05 Å². The Kier molecular flexibility index (Phi) is 3.49. The highest BCUT2D eigenvalue weighted by Crippen LogP contribution is 2.28. The minimum absolute atomic E-state index is 0.276. The fourth-order valence-electron chi connectivity index (χ4n) is 1.52. The molecule has 0 heterocycles. The lowest BCUT2D eigenvalue weighted by atomic mass is 10.00. The summed E-state index contributed by atoms with van der Waals surface area (Å²) in [4.78, 5) is 0. The molecule has 14 heavy (non-hydrogen) atoms. The van der Waals surface area contributed by atoms with Gasteiger partial charge in [-0.05, 0) is 37.6 Å². The third kappa shape index (κ3) is 2.05. The van der Waals surface area contributed by atoms with Crippen molar-refractivity contribution in [2.45, 2.75) is 20.0 Å². The van der Waals surface area contributed by atoms with E-state index >= 15 is 0 Å². The zero-order chi connectivity index (χ0) is 10.7. The minimum Gasteiger partial charge on any atom is -0.507 e. The summed E-state index contributed by atoms with van der Waals surface area (Å²) >= 11 is 0. The highest BCUT2D eigenvalue weighted by atomic mass is 16.3. The van der Waals surface area contributed by atoms with Crippen LogP contribution in [0.1, 0.15) is 22.8 Å². The van der Waals surface area contributed by atoms with Crippen LogP contribution in [0.25, 0.3) is 0 Å². The van der Waals surface area contributed by atoms with Crippen LogP contribution in [-0.4, -0.2) is 23.8 Å². The number of benzene rings is 1. The number of likely N-dealkylation sites (N-methyl/N-ethyl adjacent to an activating group) is 1. The monoisotopic (exact) mass is 195 g/mol. The number of aryl methyl sites for hydroxylation is 1. The van der Waals surface area contributed by atoms with Crippen LogP contribution < -0.4 is 5.32 Å². The summed E-state index contributed by atoms with van der Waals surface area (Å²) in [5.41, 5.74) is 2.37. The van der Waals surface area contributed by atoms with Crippen molar-refractivity contribution in [3.05, 3.63) is 28.8 Å². The van der Waals surface area contributed by atoms with E-state index in [-0.39, 0.29) is 5.75 Å². The van der Waals surface area contributed by atoms with Gasteiger partial charge in [0.2, 0.25) is 0 Å². The average molecular weight is 195 g/mol. The Hall–Kier alpha value is -1.06. The smallest absolute Gasteiger partial charge is 0.121 e. The molecule has 1 aromatic rings. The molecule has 0 amide bonds. The first-order valence-corrected chi connectivity index (χ1v) is 4.69. The number of nitrogens with one attached hydrogen (secondary N) is 1. The van der Waals surface area contributed by atoms with Gasteiger partial charge in [-0.25, -0.2) is 0 Å². The second-order valence-corrected chi connectivity index (χ2v) is 3.52. The van der Waals surface area contributed by atoms with Crippen molar-refractivity contribution in [2.75, 3.05) is 13.6 Å². The molecule has 0 bridgehead atoms. The third-order valence-electron chi connectivity index (χ3n) is 2.43. The van der Waals surface area contributed by atoms with Gasteiger partial charge in [-0.1, -0.05) is 12.1 Å². The number of aromatic hydroxyl groups is 1. The Morgan fingerprint density at radius 1 is 1.36 bits per heavy atom. The molecular weight excluding hydrogens is 178 g/mol. The lowest BCUT2D eigenvalue weighted by Crippen LogP contribution is -2.17. The van der Waals surface area contributed by atoms with Gasteiger partial charge in [0, 0.05) is 6.54 Å². The number of aliphatic hydroxyl groups excluding tert-OH is 1. The van der Waals surface area contributed by atoms with Crippen molar-refractivity contribution >= 4 is 0 Å². The molecule has 0 aliphatic heterocycles. The molecule has 1 rings (SSSR count). The fraction of sp³-hybridized carbons (Fsp3) is 0.455. The van der Waals surface area contributed by atoms with Gasteiger partial charge in [-0.3, -0.25) is 0 Å². The number of aliphatic hydroxyl groups is 1. The summed E-state index contributed by atoms with van der Waals surface area (Å²) in [5, 5.41) is 22.3. The molecule has 0 radical (unpaired) electrons. The van der Waals surface area contributed by atoms with Crippen LogP contribution in [0.5, 0.6) is 5.75 Å². The molecule has 78 valence electrons. The fourth-order valence-corrected chi connectivity index (χ4v) is 1.52. The molecule has 1 atom stereocenters. The SMILES string of the molecule is CNCC(O)c1ccc(C)c(O)c1C. The topological polar surface area (TPSA) is 52.5 Å². The van der Waals surface area contributed by atoms with E-state index < -0.39 is 6.10 Å². The summed E-state index contributed by atoms with van der Waals surface area (Å²) in [7, 11) is 1.78. The molecule has 0 spiro atoms. The Labute approximate surface area is 84.4 Å².